The van der Waals surface area contributed by atoms with Gasteiger partial charge in [0.05, 0.1) is 44.2 Å². The number of ether oxygens (including phenoxy) is 3. The van der Waals surface area contributed by atoms with E-state index in [2.05, 4.69) is 0 Å². The molecule has 3 rings (SSSR count). The Balaban J connectivity index is 1.91. The van der Waals surface area contributed by atoms with Crippen molar-refractivity contribution in [1.29, 1.82) is 5.26 Å². The number of hydrogen-bond acceptors (Lipinski definition) is 5. The van der Waals surface area contributed by atoms with E-state index in [0.29, 0.717) is 48.0 Å². The Bertz CT molecular complexity index is 893. The van der Waals surface area contributed by atoms with E-state index in [4.69, 9.17) is 19.5 Å². The molecule has 0 aromatic heterocycles. The van der Waals surface area contributed by atoms with E-state index in [9.17, 15) is 4.39 Å². The molecule has 0 spiro atoms. The van der Waals surface area contributed by atoms with E-state index < -0.39 is 0 Å². The van der Waals surface area contributed by atoms with Crippen molar-refractivity contribution in [2.75, 3.05) is 39.3 Å². The molecule has 140 valence electrons. The minimum Gasteiger partial charge on any atom is -0.496 e. The average molecular weight is 368 g/mol. The van der Waals surface area contributed by atoms with Gasteiger partial charge in [-0.05, 0) is 30.2 Å². The van der Waals surface area contributed by atoms with Crippen LogP contribution in [0.1, 0.15) is 17.5 Å². The number of nitriles is 1. The van der Waals surface area contributed by atoms with E-state index in [1.165, 1.54) is 6.07 Å². The summed E-state index contributed by atoms with van der Waals surface area (Å²) < 4.78 is 30.7. The van der Waals surface area contributed by atoms with Crippen LogP contribution in [0.25, 0.3) is 5.57 Å². The van der Waals surface area contributed by atoms with Crippen LogP contribution >= 0.6 is 0 Å². The molecule has 1 heterocycles. The summed E-state index contributed by atoms with van der Waals surface area (Å²) in [5, 5.41) is 8.89. The van der Waals surface area contributed by atoms with Gasteiger partial charge in [0.2, 0.25) is 0 Å². The lowest BCUT2D eigenvalue weighted by Crippen LogP contribution is -2.29. The molecule has 0 saturated carbocycles. The third-order valence-corrected chi connectivity index (χ3v) is 4.66. The molecule has 2 aromatic rings. The lowest BCUT2D eigenvalue weighted by molar-refractivity contribution is 0.373. The lowest BCUT2D eigenvalue weighted by Gasteiger charge is -2.30. The summed E-state index contributed by atoms with van der Waals surface area (Å²) in [6.45, 7) is 1.20. The molecule has 1 aliphatic heterocycles. The maximum atomic E-state index is 14.3. The van der Waals surface area contributed by atoms with Crippen LogP contribution in [0.2, 0.25) is 0 Å². The van der Waals surface area contributed by atoms with E-state index in [1.807, 2.05) is 29.2 Å². The van der Waals surface area contributed by atoms with Crippen LogP contribution in [0.15, 0.2) is 36.4 Å². The van der Waals surface area contributed by atoms with E-state index >= 15 is 0 Å². The monoisotopic (exact) mass is 368 g/mol. The van der Waals surface area contributed by atoms with Crippen molar-refractivity contribution in [1.82, 2.24) is 0 Å². The predicted octanol–water partition coefficient (Wildman–Crippen LogP) is 4.02. The Morgan fingerprint density at radius 2 is 1.74 bits per heavy atom. The predicted molar refractivity (Wildman–Crippen MR) is 102 cm³/mol. The maximum Gasteiger partial charge on any atom is 0.147 e. The van der Waals surface area contributed by atoms with Crippen molar-refractivity contribution in [3.8, 4) is 23.3 Å². The molecule has 0 bridgehead atoms. The molecule has 2 aromatic carbocycles. The molecule has 0 atom stereocenters. The average Bonchev–Trinajstić information content (AvgIpc) is 2.72. The standard InChI is InChI=1S/C21H21FN2O3/c1-25-16-11-19(26-2)21(20(12-16)27-3)15-6-8-24(9-7-15)18-5-4-14(13-23)10-17(18)22/h4-6,10-12H,7-9H2,1-3H3. The van der Waals surface area contributed by atoms with Crippen molar-refractivity contribution in [3.05, 3.63) is 53.4 Å². The maximum absolute atomic E-state index is 14.3. The molecule has 5 nitrogen and oxygen atoms in total. The SMILES string of the molecule is COc1cc(OC)c(C2=CCN(c3ccc(C#N)cc3F)CC2)c(OC)c1. The van der Waals surface area contributed by atoms with Gasteiger partial charge in [0.1, 0.15) is 23.1 Å². The number of rotatable bonds is 5. The first-order valence-electron chi connectivity index (χ1n) is 8.55. The normalized spacial score (nSPS) is 13.6. The Kier molecular flexibility index (Phi) is 5.51. The Morgan fingerprint density at radius 3 is 2.22 bits per heavy atom. The topological polar surface area (TPSA) is 54.7 Å². The van der Waals surface area contributed by atoms with Gasteiger partial charge >= 0.3 is 0 Å². The van der Waals surface area contributed by atoms with Gasteiger partial charge in [0.25, 0.3) is 0 Å². The van der Waals surface area contributed by atoms with Gasteiger partial charge < -0.3 is 19.1 Å². The van der Waals surface area contributed by atoms with Crippen LogP contribution in [-0.4, -0.2) is 34.4 Å². The highest BCUT2D eigenvalue weighted by Gasteiger charge is 2.22. The molecule has 0 amide bonds. The zero-order chi connectivity index (χ0) is 19.4. The molecule has 1 aliphatic rings. The Hall–Kier alpha value is -3.20. The molecular formula is C21H21FN2O3. The molecule has 0 unspecified atom stereocenters. The minimum absolute atomic E-state index is 0.317. The Morgan fingerprint density at radius 1 is 1.04 bits per heavy atom. The van der Waals surface area contributed by atoms with Gasteiger partial charge in [-0.3, -0.25) is 0 Å². The van der Waals surface area contributed by atoms with Crippen LogP contribution < -0.4 is 19.1 Å². The number of hydrogen-bond donors (Lipinski definition) is 0. The van der Waals surface area contributed by atoms with Crippen LogP contribution in [0, 0.1) is 17.1 Å². The van der Waals surface area contributed by atoms with Crippen LogP contribution in [0.4, 0.5) is 10.1 Å². The summed E-state index contributed by atoms with van der Waals surface area (Å²) in [6, 6.07) is 10.2. The van der Waals surface area contributed by atoms with Crippen molar-refractivity contribution >= 4 is 11.3 Å². The second-order valence-corrected chi connectivity index (χ2v) is 6.11. The highest BCUT2D eigenvalue weighted by atomic mass is 19.1. The number of halogens is 1. The van der Waals surface area contributed by atoms with E-state index in [0.717, 1.165) is 11.1 Å². The first kappa shape index (κ1) is 18.6. The van der Waals surface area contributed by atoms with Crippen molar-refractivity contribution in [2.45, 2.75) is 6.42 Å². The molecular weight excluding hydrogens is 347 g/mol. The fraction of sp³-hybridized carbons (Fsp3) is 0.286. The second kappa shape index (κ2) is 8.00. The van der Waals surface area contributed by atoms with Crippen LogP contribution in [0.5, 0.6) is 17.2 Å². The smallest absolute Gasteiger partial charge is 0.147 e. The van der Waals surface area contributed by atoms with E-state index in [1.54, 1.807) is 33.5 Å². The fourth-order valence-corrected chi connectivity index (χ4v) is 3.27. The summed E-state index contributed by atoms with van der Waals surface area (Å²) in [4.78, 5) is 1.95. The van der Waals surface area contributed by atoms with Gasteiger partial charge in [-0.2, -0.15) is 5.26 Å². The lowest BCUT2D eigenvalue weighted by atomic mass is 9.96. The van der Waals surface area contributed by atoms with Crippen molar-refractivity contribution in [2.24, 2.45) is 0 Å². The second-order valence-electron chi connectivity index (χ2n) is 6.11. The van der Waals surface area contributed by atoms with Gasteiger partial charge in [0, 0.05) is 25.2 Å². The first-order valence-corrected chi connectivity index (χ1v) is 8.55. The minimum atomic E-state index is -0.384. The fourth-order valence-electron chi connectivity index (χ4n) is 3.27. The zero-order valence-electron chi connectivity index (χ0n) is 15.6. The van der Waals surface area contributed by atoms with Crippen LogP contribution in [-0.2, 0) is 0 Å². The molecule has 0 radical (unpaired) electrons. The molecule has 0 N–H and O–H groups in total. The third-order valence-electron chi connectivity index (χ3n) is 4.66. The third kappa shape index (κ3) is 3.68. The highest BCUT2D eigenvalue weighted by molar-refractivity contribution is 5.78. The molecule has 0 aliphatic carbocycles. The molecule has 6 heteroatoms. The van der Waals surface area contributed by atoms with Gasteiger partial charge in [-0.15, -0.1) is 0 Å². The first-order chi connectivity index (χ1) is 13.1. The quantitative estimate of drug-likeness (QED) is 0.798. The van der Waals surface area contributed by atoms with E-state index in [-0.39, 0.29) is 5.82 Å². The molecule has 0 fully saturated rings. The zero-order valence-corrected chi connectivity index (χ0v) is 15.6. The summed E-state index contributed by atoms with van der Waals surface area (Å²) in [6.07, 6.45) is 2.76. The van der Waals surface area contributed by atoms with Crippen LogP contribution in [0.3, 0.4) is 0 Å². The molecule has 27 heavy (non-hydrogen) atoms. The number of methoxy groups -OCH3 is 3. The number of anilines is 1. The number of nitrogens with zero attached hydrogens (tertiary/aromatic N) is 2. The molecule has 0 saturated heterocycles. The van der Waals surface area contributed by atoms with Crippen molar-refractivity contribution in [3.63, 3.8) is 0 Å². The summed E-state index contributed by atoms with van der Waals surface area (Å²) in [7, 11) is 4.82. The summed E-state index contributed by atoms with van der Waals surface area (Å²) >= 11 is 0. The summed E-state index contributed by atoms with van der Waals surface area (Å²) in [5.74, 6) is 1.63. The number of benzene rings is 2. The van der Waals surface area contributed by atoms with Gasteiger partial charge in [-0.25, -0.2) is 4.39 Å². The summed E-state index contributed by atoms with van der Waals surface area (Å²) in [5.41, 5.74) is 2.78. The largest absolute Gasteiger partial charge is 0.496 e. The highest BCUT2D eigenvalue weighted by Crippen LogP contribution is 2.41. The van der Waals surface area contributed by atoms with Crippen molar-refractivity contribution < 1.29 is 18.6 Å². The Labute approximate surface area is 158 Å². The van der Waals surface area contributed by atoms with Gasteiger partial charge in [0.15, 0.2) is 0 Å². The van der Waals surface area contributed by atoms with Gasteiger partial charge in [-0.1, -0.05) is 6.08 Å².